The zero-order valence-electron chi connectivity index (χ0n) is 10.2. The average molecular weight is 352 g/mol. The maximum atomic E-state index is 12.0. The van der Waals surface area contributed by atoms with Gasteiger partial charge in [-0.25, -0.2) is 17.9 Å². The monoisotopic (exact) mass is 351 g/mol. The third kappa shape index (κ3) is 4.57. The number of nitrogens with one attached hydrogen (secondary N) is 1. The zero-order chi connectivity index (χ0) is 14.5. The fraction of sp³-hybridized carbons (Fsp3) is 0.364. The number of ether oxygens (including phenoxy) is 1. The first-order valence-electron chi connectivity index (χ1n) is 5.48. The number of carboxylic acid groups (broad SMARTS) is 1. The van der Waals surface area contributed by atoms with E-state index < -0.39 is 16.0 Å². The molecule has 0 heterocycles. The van der Waals surface area contributed by atoms with Gasteiger partial charge in [0.25, 0.3) is 0 Å². The molecule has 0 aliphatic rings. The molecule has 1 aromatic carbocycles. The summed E-state index contributed by atoms with van der Waals surface area (Å²) in [5.74, 6) is -1.12. The molecule has 0 aliphatic carbocycles. The second-order valence-electron chi connectivity index (χ2n) is 3.55. The van der Waals surface area contributed by atoms with E-state index in [-0.39, 0.29) is 28.1 Å². The molecular weight excluding hydrogens is 338 g/mol. The van der Waals surface area contributed by atoms with Crippen molar-refractivity contribution in [1.29, 1.82) is 0 Å². The summed E-state index contributed by atoms with van der Waals surface area (Å²) in [5, 5.41) is 8.80. The maximum absolute atomic E-state index is 12.0. The van der Waals surface area contributed by atoms with Crippen LogP contribution in [0.15, 0.2) is 27.6 Å². The largest absolute Gasteiger partial charge is 0.478 e. The van der Waals surface area contributed by atoms with Crippen molar-refractivity contribution in [2.24, 2.45) is 0 Å². The minimum atomic E-state index is -3.68. The first-order chi connectivity index (χ1) is 8.88. The number of rotatable bonds is 7. The number of hydrogen-bond donors (Lipinski definition) is 2. The maximum Gasteiger partial charge on any atom is 0.335 e. The molecule has 0 unspecified atom stereocenters. The summed E-state index contributed by atoms with van der Waals surface area (Å²) in [7, 11) is -3.68. The van der Waals surface area contributed by atoms with Gasteiger partial charge < -0.3 is 9.84 Å². The SMILES string of the molecule is CCOCCNS(=O)(=O)c1ccc(C(=O)O)cc1Br. The molecule has 0 spiro atoms. The number of aromatic carboxylic acids is 1. The second-order valence-corrected chi connectivity index (χ2v) is 6.13. The lowest BCUT2D eigenvalue weighted by Crippen LogP contribution is -2.27. The van der Waals surface area contributed by atoms with Gasteiger partial charge in [0.15, 0.2) is 0 Å². The van der Waals surface area contributed by atoms with Crippen LogP contribution >= 0.6 is 15.9 Å². The van der Waals surface area contributed by atoms with Gasteiger partial charge in [0.05, 0.1) is 17.1 Å². The van der Waals surface area contributed by atoms with E-state index in [9.17, 15) is 13.2 Å². The molecule has 0 aromatic heterocycles. The van der Waals surface area contributed by atoms with E-state index in [1.165, 1.54) is 18.2 Å². The highest BCUT2D eigenvalue weighted by Gasteiger charge is 2.18. The van der Waals surface area contributed by atoms with Crippen molar-refractivity contribution in [3.05, 3.63) is 28.2 Å². The number of carboxylic acids is 1. The summed E-state index contributed by atoms with van der Waals surface area (Å²) in [4.78, 5) is 10.8. The number of hydrogen-bond acceptors (Lipinski definition) is 4. The quantitative estimate of drug-likeness (QED) is 0.725. The van der Waals surface area contributed by atoms with E-state index >= 15 is 0 Å². The van der Waals surface area contributed by atoms with Crippen LogP contribution in [0.1, 0.15) is 17.3 Å². The van der Waals surface area contributed by atoms with Crippen LogP contribution in [0.2, 0.25) is 0 Å². The molecule has 0 fully saturated rings. The van der Waals surface area contributed by atoms with Crippen LogP contribution < -0.4 is 4.72 Å². The molecule has 106 valence electrons. The average Bonchev–Trinajstić information content (AvgIpc) is 2.34. The minimum absolute atomic E-state index is 0.00556. The molecule has 0 saturated heterocycles. The van der Waals surface area contributed by atoms with E-state index in [1.54, 1.807) is 0 Å². The normalized spacial score (nSPS) is 11.5. The van der Waals surface area contributed by atoms with Crippen molar-refractivity contribution < 1.29 is 23.1 Å². The highest BCUT2D eigenvalue weighted by Crippen LogP contribution is 2.23. The molecule has 2 N–H and O–H groups in total. The molecule has 1 rings (SSSR count). The molecule has 19 heavy (non-hydrogen) atoms. The van der Waals surface area contributed by atoms with E-state index in [4.69, 9.17) is 9.84 Å². The van der Waals surface area contributed by atoms with Crippen LogP contribution in [-0.4, -0.2) is 39.3 Å². The zero-order valence-corrected chi connectivity index (χ0v) is 12.6. The van der Waals surface area contributed by atoms with Crippen molar-refractivity contribution >= 4 is 31.9 Å². The van der Waals surface area contributed by atoms with Gasteiger partial charge in [-0.15, -0.1) is 0 Å². The molecule has 0 amide bonds. The molecule has 8 heteroatoms. The van der Waals surface area contributed by atoms with E-state index in [2.05, 4.69) is 20.7 Å². The Morgan fingerprint density at radius 3 is 2.68 bits per heavy atom. The van der Waals surface area contributed by atoms with Gasteiger partial charge >= 0.3 is 5.97 Å². The predicted octanol–water partition coefficient (Wildman–Crippen LogP) is 1.46. The summed E-state index contributed by atoms with van der Waals surface area (Å²) in [6, 6.07) is 3.74. The van der Waals surface area contributed by atoms with Gasteiger partial charge in [-0.1, -0.05) is 0 Å². The van der Waals surface area contributed by atoms with Gasteiger partial charge in [0.1, 0.15) is 0 Å². The summed E-state index contributed by atoms with van der Waals surface area (Å²) >= 11 is 3.06. The Labute approximate surface area is 120 Å². The van der Waals surface area contributed by atoms with Crippen molar-refractivity contribution in [2.45, 2.75) is 11.8 Å². The third-order valence-electron chi connectivity index (χ3n) is 2.21. The van der Waals surface area contributed by atoms with Crippen molar-refractivity contribution in [2.75, 3.05) is 19.8 Å². The summed E-state index contributed by atoms with van der Waals surface area (Å²) < 4.78 is 31.5. The molecule has 6 nitrogen and oxygen atoms in total. The molecular formula is C11H14BrNO5S. The Morgan fingerprint density at radius 2 is 2.16 bits per heavy atom. The molecule has 0 radical (unpaired) electrons. The number of halogens is 1. The topological polar surface area (TPSA) is 92.7 Å². The fourth-order valence-electron chi connectivity index (χ4n) is 1.32. The highest BCUT2D eigenvalue weighted by atomic mass is 79.9. The molecule has 0 atom stereocenters. The molecule has 1 aromatic rings. The van der Waals surface area contributed by atoms with Crippen LogP contribution in [0.4, 0.5) is 0 Å². The Hall–Kier alpha value is -0.960. The van der Waals surface area contributed by atoms with Crippen LogP contribution in [0.5, 0.6) is 0 Å². The second kappa shape index (κ2) is 6.99. The Morgan fingerprint density at radius 1 is 1.47 bits per heavy atom. The first-order valence-corrected chi connectivity index (χ1v) is 7.76. The number of sulfonamides is 1. The Balaban J connectivity index is 2.87. The van der Waals surface area contributed by atoms with Gasteiger partial charge in [0.2, 0.25) is 10.0 Å². The van der Waals surface area contributed by atoms with Gasteiger partial charge in [-0.3, -0.25) is 0 Å². The Kier molecular flexibility index (Phi) is 5.92. The summed E-state index contributed by atoms with van der Waals surface area (Å²) in [6.07, 6.45) is 0. The fourth-order valence-corrected chi connectivity index (χ4v) is 3.41. The lowest BCUT2D eigenvalue weighted by Gasteiger charge is -2.09. The van der Waals surface area contributed by atoms with Crippen LogP contribution in [0.25, 0.3) is 0 Å². The number of benzene rings is 1. The van der Waals surface area contributed by atoms with Crippen LogP contribution in [0, 0.1) is 0 Å². The van der Waals surface area contributed by atoms with E-state index in [1.807, 2.05) is 6.92 Å². The lowest BCUT2D eigenvalue weighted by molar-refractivity contribution is 0.0696. The highest BCUT2D eigenvalue weighted by molar-refractivity contribution is 9.10. The molecule has 0 aliphatic heterocycles. The van der Waals surface area contributed by atoms with Gasteiger partial charge in [-0.05, 0) is 41.1 Å². The molecule has 0 saturated carbocycles. The predicted molar refractivity (Wildman–Crippen MR) is 72.8 cm³/mol. The van der Waals surface area contributed by atoms with Crippen molar-refractivity contribution in [3.8, 4) is 0 Å². The summed E-state index contributed by atoms with van der Waals surface area (Å²) in [5.41, 5.74) is 0.0140. The van der Waals surface area contributed by atoms with Crippen molar-refractivity contribution in [1.82, 2.24) is 4.72 Å². The van der Waals surface area contributed by atoms with Crippen LogP contribution in [-0.2, 0) is 14.8 Å². The van der Waals surface area contributed by atoms with Crippen LogP contribution in [0.3, 0.4) is 0 Å². The van der Waals surface area contributed by atoms with E-state index in [0.717, 1.165) is 0 Å². The standard InChI is InChI=1S/C11H14BrNO5S/c1-2-18-6-5-13-19(16,17)10-4-3-8(11(14)15)7-9(10)12/h3-4,7,13H,2,5-6H2,1H3,(H,14,15). The van der Waals surface area contributed by atoms with Gasteiger partial charge in [0, 0.05) is 17.6 Å². The summed E-state index contributed by atoms with van der Waals surface area (Å²) in [6.45, 7) is 2.76. The minimum Gasteiger partial charge on any atom is -0.478 e. The number of carbonyl (C=O) groups is 1. The Bertz CT molecular complexity index is 558. The lowest BCUT2D eigenvalue weighted by atomic mass is 10.2. The van der Waals surface area contributed by atoms with Gasteiger partial charge in [-0.2, -0.15) is 0 Å². The first kappa shape index (κ1) is 16.1. The third-order valence-corrected chi connectivity index (χ3v) is 4.65. The molecule has 0 bridgehead atoms. The smallest absolute Gasteiger partial charge is 0.335 e. The van der Waals surface area contributed by atoms with Crippen molar-refractivity contribution in [3.63, 3.8) is 0 Å². The van der Waals surface area contributed by atoms with E-state index in [0.29, 0.717) is 6.61 Å².